The maximum Gasteiger partial charge on any atom is 0.236 e. The van der Waals surface area contributed by atoms with E-state index in [4.69, 9.17) is 3.63 Å². The van der Waals surface area contributed by atoms with Crippen LogP contribution in [-0.2, 0) is 13.2 Å². The van der Waals surface area contributed by atoms with E-state index in [1.807, 2.05) is 0 Å². The van der Waals surface area contributed by atoms with Crippen molar-refractivity contribution in [2.75, 3.05) is 0 Å². The zero-order chi connectivity index (χ0) is 10.1. The molecule has 0 aliphatic carbocycles. The summed E-state index contributed by atoms with van der Waals surface area (Å²) < 4.78 is 4.95. The normalized spacial score (nSPS) is 13.7. The molecule has 0 saturated carbocycles. The van der Waals surface area contributed by atoms with Crippen molar-refractivity contribution in [3.05, 3.63) is 0 Å². The molecule has 0 radical (unpaired) electrons. The smallest absolute Gasteiger partial charge is 0.236 e. The molecule has 72 valence electrons. The number of nitrogens with zero attached hydrogens (tertiary/aromatic N) is 2. The summed E-state index contributed by atoms with van der Waals surface area (Å²) in [5.41, 5.74) is 0. The van der Waals surface area contributed by atoms with Gasteiger partial charge in [-0.3, -0.25) is 0 Å². The zero-order valence-corrected chi connectivity index (χ0v) is 8.72. The van der Waals surface area contributed by atoms with Crippen molar-refractivity contribution in [1.29, 1.82) is 0 Å². The number of hydrogen-bond acceptors (Lipinski definition) is 7. The fraction of sp³-hybridized carbons (Fsp3) is 0.667. The molecule has 0 saturated heterocycles. The van der Waals surface area contributed by atoms with Gasteiger partial charge in [-0.05, 0) is 13.8 Å². The highest BCUT2D eigenvalue weighted by atomic mass is 32.2. The topological polar surface area (TPSA) is 68.1 Å². The summed E-state index contributed by atoms with van der Waals surface area (Å²) in [5.74, 6) is 0. The third-order valence-electron chi connectivity index (χ3n) is 0.826. The van der Waals surface area contributed by atoms with Crippen molar-refractivity contribution < 1.29 is 13.2 Å². The number of aliphatic imine (C=N–C) groups is 2. The molecule has 0 bridgehead atoms. The van der Waals surface area contributed by atoms with Crippen LogP contribution in [0.25, 0.3) is 0 Å². The highest BCUT2D eigenvalue weighted by molar-refractivity contribution is 8.08. The van der Waals surface area contributed by atoms with E-state index >= 15 is 0 Å². The molecular formula is C6H8N2O3S2. The van der Waals surface area contributed by atoms with Crippen LogP contribution in [0, 0.1) is 0 Å². The molecular weight excluding hydrogens is 212 g/mol. The van der Waals surface area contributed by atoms with E-state index in [2.05, 4.69) is 9.98 Å². The third-order valence-corrected chi connectivity index (χ3v) is 2.22. The Morgan fingerprint density at radius 3 is 1.77 bits per heavy atom. The first-order chi connectivity index (χ1) is 6.20. The van der Waals surface area contributed by atoms with E-state index in [0.717, 1.165) is 24.1 Å². The van der Waals surface area contributed by atoms with Crippen molar-refractivity contribution in [3.63, 3.8) is 0 Å². The lowest BCUT2D eigenvalue weighted by Crippen LogP contribution is -1.93. The molecule has 0 heterocycles. The molecule has 2 atom stereocenters. The summed E-state index contributed by atoms with van der Waals surface area (Å²) in [6.07, 6.45) is 2.82. The van der Waals surface area contributed by atoms with E-state index in [1.54, 1.807) is 13.8 Å². The molecule has 0 amide bonds. The Kier molecular flexibility index (Phi) is 7.68. The highest BCUT2D eigenvalue weighted by Crippen LogP contribution is 2.23. The van der Waals surface area contributed by atoms with Gasteiger partial charge in [0.15, 0.2) is 0 Å². The van der Waals surface area contributed by atoms with Gasteiger partial charge in [-0.25, -0.2) is 13.2 Å². The van der Waals surface area contributed by atoms with Crippen molar-refractivity contribution in [1.82, 2.24) is 0 Å². The van der Waals surface area contributed by atoms with Crippen molar-refractivity contribution in [3.8, 4) is 0 Å². The predicted molar refractivity (Wildman–Crippen MR) is 51.4 cm³/mol. The van der Waals surface area contributed by atoms with Crippen LogP contribution in [-0.4, -0.2) is 22.9 Å². The van der Waals surface area contributed by atoms with Gasteiger partial charge in [0.2, 0.25) is 12.2 Å². The lowest BCUT2D eigenvalue weighted by Gasteiger charge is -2.04. The van der Waals surface area contributed by atoms with Crippen LogP contribution in [0.1, 0.15) is 13.8 Å². The maximum absolute atomic E-state index is 9.78. The SMILES string of the molecule is CC(N=C=O)SOSC(C)N=C=O. The quantitative estimate of drug-likeness (QED) is 0.387. The fourth-order valence-corrected chi connectivity index (χ4v) is 1.59. The summed E-state index contributed by atoms with van der Waals surface area (Å²) in [6, 6.07) is 0. The minimum atomic E-state index is -0.308. The number of carbonyl (C=O) groups excluding carboxylic acids is 2. The van der Waals surface area contributed by atoms with E-state index in [9.17, 15) is 9.59 Å². The number of hydrogen-bond donors (Lipinski definition) is 0. The van der Waals surface area contributed by atoms with Gasteiger partial charge in [-0.2, -0.15) is 9.98 Å². The molecule has 13 heavy (non-hydrogen) atoms. The Balaban J connectivity index is 3.55. The van der Waals surface area contributed by atoms with Crippen LogP contribution >= 0.6 is 24.1 Å². The lowest BCUT2D eigenvalue weighted by atomic mass is 10.8. The molecule has 0 aliphatic rings. The van der Waals surface area contributed by atoms with E-state index in [0.29, 0.717) is 0 Å². The van der Waals surface area contributed by atoms with Gasteiger partial charge in [0.05, 0.1) is 0 Å². The Morgan fingerprint density at radius 2 is 1.46 bits per heavy atom. The Labute approximate surface area is 84.5 Å². The van der Waals surface area contributed by atoms with Gasteiger partial charge >= 0.3 is 0 Å². The average molecular weight is 220 g/mol. The van der Waals surface area contributed by atoms with Gasteiger partial charge in [0.1, 0.15) is 10.7 Å². The largest absolute Gasteiger partial charge is 0.243 e. The molecule has 0 N–H and O–H groups in total. The van der Waals surface area contributed by atoms with Gasteiger partial charge < -0.3 is 0 Å². The predicted octanol–water partition coefficient (Wildman–Crippen LogP) is 1.66. The molecule has 2 unspecified atom stereocenters. The zero-order valence-electron chi connectivity index (χ0n) is 7.09. The second-order valence-electron chi connectivity index (χ2n) is 1.90. The molecule has 0 aliphatic heterocycles. The molecule has 0 aromatic rings. The molecule has 7 heteroatoms. The van der Waals surface area contributed by atoms with Crippen molar-refractivity contribution in [2.45, 2.75) is 24.6 Å². The molecule has 0 spiro atoms. The van der Waals surface area contributed by atoms with Gasteiger partial charge in [-0.1, -0.05) is 0 Å². The minimum absolute atomic E-state index is 0.308. The molecule has 5 nitrogen and oxygen atoms in total. The fourth-order valence-electron chi connectivity index (χ4n) is 0.328. The summed E-state index contributed by atoms with van der Waals surface area (Å²) in [7, 11) is 0. The molecule has 0 aromatic heterocycles. The van der Waals surface area contributed by atoms with Crippen LogP contribution in [0.2, 0.25) is 0 Å². The van der Waals surface area contributed by atoms with Crippen molar-refractivity contribution >= 4 is 36.2 Å². The highest BCUT2D eigenvalue weighted by Gasteiger charge is 2.04. The molecule has 0 fully saturated rings. The Hall–Kier alpha value is -0.580. The van der Waals surface area contributed by atoms with E-state index in [-0.39, 0.29) is 10.7 Å². The van der Waals surface area contributed by atoms with Crippen LogP contribution in [0.15, 0.2) is 9.98 Å². The number of isocyanates is 2. The minimum Gasteiger partial charge on any atom is -0.243 e. The summed E-state index contributed by atoms with van der Waals surface area (Å²) in [4.78, 5) is 26.3. The maximum atomic E-state index is 9.78. The summed E-state index contributed by atoms with van der Waals surface area (Å²) >= 11 is 2.00. The van der Waals surface area contributed by atoms with E-state index in [1.165, 1.54) is 12.2 Å². The van der Waals surface area contributed by atoms with Crippen LogP contribution in [0.3, 0.4) is 0 Å². The van der Waals surface area contributed by atoms with Crippen molar-refractivity contribution in [2.24, 2.45) is 9.98 Å². The first-order valence-corrected chi connectivity index (χ1v) is 4.94. The first-order valence-electron chi connectivity index (χ1n) is 3.33. The standard InChI is InChI=1S/C6H8N2O3S2/c1-5(7-3-9)12-11-13-6(2)8-4-10/h5-6H,1-2H3. The van der Waals surface area contributed by atoms with Gasteiger partial charge in [-0.15, -0.1) is 0 Å². The summed E-state index contributed by atoms with van der Waals surface area (Å²) in [5, 5.41) is -0.616. The van der Waals surface area contributed by atoms with Gasteiger partial charge in [0.25, 0.3) is 0 Å². The van der Waals surface area contributed by atoms with E-state index < -0.39 is 0 Å². The van der Waals surface area contributed by atoms with Crippen LogP contribution in [0.5, 0.6) is 0 Å². The second kappa shape index (κ2) is 8.04. The van der Waals surface area contributed by atoms with Crippen LogP contribution < -0.4 is 0 Å². The third kappa shape index (κ3) is 7.77. The lowest BCUT2D eigenvalue weighted by molar-refractivity contribution is 0.562. The number of rotatable bonds is 6. The van der Waals surface area contributed by atoms with Crippen LogP contribution in [0.4, 0.5) is 0 Å². The Morgan fingerprint density at radius 1 is 1.08 bits per heavy atom. The Bertz CT molecular complexity index is 212. The molecule has 0 aromatic carbocycles. The second-order valence-corrected chi connectivity index (χ2v) is 4.19. The molecule has 0 rings (SSSR count). The average Bonchev–Trinajstić information content (AvgIpc) is 2.05. The van der Waals surface area contributed by atoms with Gasteiger partial charge in [0, 0.05) is 24.1 Å². The summed E-state index contributed by atoms with van der Waals surface area (Å²) in [6.45, 7) is 3.37. The monoisotopic (exact) mass is 220 g/mol. The first kappa shape index (κ1) is 12.4.